The van der Waals surface area contributed by atoms with Gasteiger partial charge in [0.15, 0.2) is 0 Å². The van der Waals surface area contributed by atoms with Crippen LogP contribution in [-0.4, -0.2) is 15.5 Å². The standard InChI is InChI=1S/C19H14ClN3O2S/c1-11-21-17-14-4-2-3-5-15(14)26-18(17)19(25)23(11)10-16(24)22-13-8-6-12(20)7-9-13/h2-9H,10H2,1H3,(H,22,24). The van der Waals surface area contributed by atoms with E-state index in [0.717, 1.165) is 10.1 Å². The number of aryl methyl sites for hydroxylation is 1. The Morgan fingerprint density at radius 2 is 1.92 bits per heavy atom. The summed E-state index contributed by atoms with van der Waals surface area (Å²) in [5.74, 6) is 0.220. The lowest BCUT2D eigenvalue weighted by Crippen LogP contribution is -2.29. The number of hydrogen-bond acceptors (Lipinski definition) is 4. The predicted octanol–water partition coefficient (Wildman–Crippen LogP) is 4.21. The molecule has 2 aromatic heterocycles. The summed E-state index contributed by atoms with van der Waals surface area (Å²) in [6.45, 7) is 1.65. The van der Waals surface area contributed by atoms with Crippen LogP contribution >= 0.6 is 22.9 Å². The fraction of sp³-hybridized carbons (Fsp3) is 0.105. The third-order valence-electron chi connectivity index (χ3n) is 4.10. The molecule has 0 atom stereocenters. The maximum absolute atomic E-state index is 12.9. The van der Waals surface area contributed by atoms with Crippen molar-refractivity contribution in [2.45, 2.75) is 13.5 Å². The van der Waals surface area contributed by atoms with Crippen molar-refractivity contribution < 1.29 is 4.79 Å². The summed E-state index contributed by atoms with van der Waals surface area (Å²) in [5.41, 5.74) is 1.13. The van der Waals surface area contributed by atoms with Crippen LogP contribution in [0.4, 0.5) is 5.69 Å². The van der Waals surface area contributed by atoms with Crippen LogP contribution in [0.1, 0.15) is 5.82 Å². The van der Waals surface area contributed by atoms with Gasteiger partial charge in [-0.15, -0.1) is 11.3 Å². The fourth-order valence-electron chi connectivity index (χ4n) is 2.84. The van der Waals surface area contributed by atoms with Crippen molar-refractivity contribution in [1.82, 2.24) is 9.55 Å². The highest BCUT2D eigenvalue weighted by molar-refractivity contribution is 7.25. The third-order valence-corrected chi connectivity index (χ3v) is 5.50. The quantitative estimate of drug-likeness (QED) is 0.576. The Labute approximate surface area is 157 Å². The van der Waals surface area contributed by atoms with E-state index in [1.807, 2.05) is 24.3 Å². The van der Waals surface area contributed by atoms with Crippen molar-refractivity contribution in [3.63, 3.8) is 0 Å². The van der Waals surface area contributed by atoms with Crippen molar-refractivity contribution in [2.75, 3.05) is 5.32 Å². The summed E-state index contributed by atoms with van der Waals surface area (Å²) in [5, 5.41) is 4.32. The molecule has 2 aromatic carbocycles. The van der Waals surface area contributed by atoms with Crippen molar-refractivity contribution in [1.29, 1.82) is 0 Å². The first-order chi connectivity index (χ1) is 12.5. The molecular formula is C19H14ClN3O2S. The molecule has 0 bridgehead atoms. The molecule has 0 unspecified atom stereocenters. The molecule has 26 heavy (non-hydrogen) atoms. The zero-order valence-corrected chi connectivity index (χ0v) is 15.4. The van der Waals surface area contributed by atoms with Gasteiger partial charge in [0.1, 0.15) is 17.1 Å². The fourth-order valence-corrected chi connectivity index (χ4v) is 4.06. The normalized spacial score (nSPS) is 11.2. The maximum atomic E-state index is 12.9. The Morgan fingerprint density at radius 1 is 1.19 bits per heavy atom. The van der Waals surface area contributed by atoms with Gasteiger partial charge in [0.25, 0.3) is 5.56 Å². The van der Waals surface area contributed by atoms with Gasteiger partial charge in [0.05, 0.1) is 5.52 Å². The Kier molecular flexibility index (Phi) is 4.22. The topological polar surface area (TPSA) is 64.0 Å². The van der Waals surface area contributed by atoms with Crippen molar-refractivity contribution in [2.24, 2.45) is 0 Å². The summed E-state index contributed by atoms with van der Waals surface area (Å²) in [6, 6.07) is 14.6. The molecule has 0 aliphatic heterocycles. The van der Waals surface area contributed by atoms with Crippen LogP contribution in [0.3, 0.4) is 0 Å². The molecule has 7 heteroatoms. The SMILES string of the molecule is Cc1nc2c(sc3ccccc32)c(=O)n1CC(=O)Nc1ccc(Cl)cc1. The molecule has 0 aliphatic rings. The van der Waals surface area contributed by atoms with Gasteiger partial charge in [0, 0.05) is 20.8 Å². The smallest absolute Gasteiger partial charge is 0.272 e. The average Bonchev–Trinajstić information content (AvgIpc) is 2.99. The number of thiophene rings is 1. The molecule has 1 N–H and O–H groups in total. The van der Waals surface area contributed by atoms with Gasteiger partial charge in [-0.1, -0.05) is 29.8 Å². The number of carbonyl (C=O) groups excluding carboxylic acids is 1. The number of fused-ring (bicyclic) bond motifs is 3. The lowest BCUT2D eigenvalue weighted by molar-refractivity contribution is -0.116. The Balaban J connectivity index is 1.70. The highest BCUT2D eigenvalue weighted by Gasteiger charge is 2.15. The van der Waals surface area contributed by atoms with Gasteiger partial charge in [-0.25, -0.2) is 4.98 Å². The Bertz CT molecular complexity index is 1200. The number of benzene rings is 2. The van der Waals surface area contributed by atoms with Crippen LogP contribution in [0.2, 0.25) is 5.02 Å². The molecule has 1 amide bonds. The monoisotopic (exact) mass is 383 g/mol. The van der Waals surface area contributed by atoms with Crippen LogP contribution < -0.4 is 10.9 Å². The van der Waals surface area contributed by atoms with Gasteiger partial charge in [-0.2, -0.15) is 0 Å². The van der Waals surface area contributed by atoms with E-state index in [1.165, 1.54) is 15.9 Å². The summed E-state index contributed by atoms with van der Waals surface area (Å²) < 4.78 is 2.98. The largest absolute Gasteiger partial charge is 0.325 e. The van der Waals surface area contributed by atoms with Crippen LogP contribution in [0.25, 0.3) is 20.3 Å². The average molecular weight is 384 g/mol. The first-order valence-electron chi connectivity index (χ1n) is 7.97. The van der Waals surface area contributed by atoms with Gasteiger partial charge in [0.2, 0.25) is 5.91 Å². The van der Waals surface area contributed by atoms with E-state index in [9.17, 15) is 9.59 Å². The van der Waals surface area contributed by atoms with Crippen molar-refractivity contribution in [3.05, 3.63) is 69.7 Å². The summed E-state index contributed by atoms with van der Waals surface area (Å²) in [6.07, 6.45) is 0. The van der Waals surface area contributed by atoms with Crippen LogP contribution in [0.5, 0.6) is 0 Å². The number of nitrogens with one attached hydrogen (secondary N) is 1. The molecule has 4 rings (SSSR count). The number of hydrogen-bond donors (Lipinski definition) is 1. The molecule has 5 nitrogen and oxygen atoms in total. The second-order valence-corrected chi connectivity index (χ2v) is 7.37. The number of amides is 1. The first-order valence-corrected chi connectivity index (χ1v) is 9.16. The number of aromatic nitrogens is 2. The zero-order chi connectivity index (χ0) is 18.3. The van der Waals surface area contributed by atoms with E-state index in [-0.39, 0.29) is 18.0 Å². The van der Waals surface area contributed by atoms with E-state index in [1.54, 1.807) is 31.2 Å². The minimum Gasteiger partial charge on any atom is -0.325 e. The lowest BCUT2D eigenvalue weighted by atomic mass is 10.2. The van der Waals surface area contributed by atoms with Gasteiger partial charge >= 0.3 is 0 Å². The van der Waals surface area contributed by atoms with E-state index in [0.29, 0.717) is 26.8 Å². The van der Waals surface area contributed by atoms with Gasteiger partial charge < -0.3 is 5.32 Å². The van der Waals surface area contributed by atoms with Crippen molar-refractivity contribution in [3.8, 4) is 0 Å². The van der Waals surface area contributed by atoms with Crippen LogP contribution in [0, 0.1) is 6.92 Å². The van der Waals surface area contributed by atoms with Crippen molar-refractivity contribution >= 4 is 54.8 Å². The summed E-state index contributed by atoms with van der Waals surface area (Å²) in [7, 11) is 0. The third kappa shape index (κ3) is 2.98. The number of carbonyl (C=O) groups is 1. The highest BCUT2D eigenvalue weighted by atomic mass is 35.5. The van der Waals surface area contributed by atoms with E-state index in [2.05, 4.69) is 10.3 Å². The molecule has 0 radical (unpaired) electrons. The minimum absolute atomic E-state index is 0.0928. The van der Waals surface area contributed by atoms with E-state index >= 15 is 0 Å². The zero-order valence-electron chi connectivity index (χ0n) is 13.8. The van der Waals surface area contributed by atoms with E-state index < -0.39 is 0 Å². The van der Waals surface area contributed by atoms with Gasteiger partial charge in [-0.05, 0) is 37.3 Å². The second-order valence-electron chi connectivity index (χ2n) is 5.88. The number of rotatable bonds is 3. The summed E-state index contributed by atoms with van der Waals surface area (Å²) >= 11 is 7.24. The second kappa shape index (κ2) is 6.55. The first kappa shape index (κ1) is 16.8. The molecule has 0 aliphatic carbocycles. The number of nitrogens with zero attached hydrogens (tertiary/aromatic N) is 2. The molecule has 0 saturated carbocycles. The number of anilines is 1. The molecule has 4 aromatic rings. The minimum atomic E-state index is -0.292. The van der Waals surface area contributed by atoms with E-state index in [4.69, 9.17) is 11.6 Å². The molecule has 130 valence electrons. The lowest BCUT2D eigenvalue weighted by Gasteiger charge is -2.10. The Hall–Kier alpha value is -2.70. The number of halogens is 1. The predicted molar refractivity (Wildman–Crippen MR) is 106 cm³/mol. The molecular weight excluding hydrogens is 370 g/mol. The van der Waals surface area contributed by atoms with Crippen LogP contribution in [-0.2, 0) is 11.3 Å². The molecule has 0 fully saturated rings. The molecule has 0 saturated heterocycles. The highest BCUT2D eigenvalue weighted by Crippen LogP contribution is 2.30. The van der Waals surface area contributed by atoms with Crippen LogP contribution in [0.15, 0.2) is 53.3 Å². The maximum Gasteiger partial charge on any atom is 0.272 e. The molecule has 0 spiro atoms. The molecule has 2 heterocycles. The summed E-state index contributed by atoms with van der Waals surface area (Å²) in [4.78, 5) is 29.8. The Morgan fingerprint density at radius 3 is 2.69 bits per heavy atom. The van der Waals surface area contributed by atoms with Gasteiger partial charge in [-0.3, -0.25) is 14.2 Å².